The van der Waals surface area contributed by atoms with Crippen LogP contribution in [0.25, 0.3) is 0 Å². The van der Waals surface area contributed by atoms with Crippen molar-refractivity contribution in [1.29, 1.82) is 0 Å². The van der Waals surface area contributed by atoms with Gasteiger partial charge in [0.2, 0.25) is 0 Å². The first-order valence-electron chi connectivity index (χ1n) is 5.29. The van der Waals surface area contributed by atoms with Crippen LogP contribution >= 0.6 is 0 Å². The van der Waals surface area contributed by atoms with Crippen LogP contribution in [0.2, 0.25) is 0 Å². The van der Waals surface area contributed by atoms with Gasteiger partial charge in [0.25, 0.3) is 0 Å². The maximum atomic E-state index is 9.05. The third-order valence-corrected chi connectivity index (χ3v) is 1.79. The van der Waals surface area contributed by atoms with Crippen LogP contribution < -0.4 is 0 Å². The molecule has 0 fully saturated rings. The molecule has 2 N–H and O–H groups in total. The zero-order valence-corrected chi connectivity index (χ0v) is 8.95. The van der Waals surface area contributed by atoms with Gasteiger partial charge in [-0.25, -0.2) is 0 Å². The third kappa shape index (κ3) is 9.92. The fraction of sp³-hybridized carbons (Fsp3) is 1.00. The normalized spacial score (nSPS) is 13.1. The first-order chi connectivity index (χ1) is 6.81. The zero-order valence-electron chi connectivity index (χ0n) is 8.95. The summed E-state index contributed by atoms with van der Waals surface area (Å²) in [4.78, 5) is 0. The van der Waals surface area contributed by atoms with E-state index in [0.717, 1.165) is 12.8 Å². The minimum absolute atomic E-state index is 0.186. The number of ether oxygens (including phenoxy) is 2. The minimum atomic E-state index is -0.620. The molecule has 4 nitrogen and oxygen atoms in total. The average molecular weight is 206 g/mol. The lowest BCUT2D eigenvalue weighted by Crippen LogP contribution is -2.11. The molecule has 1 atom stereocenters. The Kier molecular flexibility index (Phi) is 10.8. The number of aliphatic hydroxyl groups is 2. The molecular formula is C10H22O4. The Morgan fingerprint density at radius 3 is 2.36 bits per heavy atom. The van der Waals surface area contributed by atoms with Crippen LogP contribution in [-0.2, 0) is 9.47 Å². The quantitative estimate of drug-likeness (QED) is 0.412. The molecule has 4 heteroatoms. The Bertz CT molecular complexity index is 108. The summed E-state index contributed by atoms with van der Waals surface area (Å²) in [5.41, 5.74) is 0. The molecule has 0 spiro atoms. The average Bonchev–Trinajstić information content (AvgIpc) is 2.21. The van der Waals surface area contributed by atoms with Gasteiger partial charge in [0, 0.05) is 26.4 Å². The van der Waals surface area contributed by atoms with Crippen LogP contribution in [0.5, 0.6) is 0 Å². The van der Waals surface area contributed by atoms with Gasteiger partial charge in [-0.3, -0.25) is 0 Å². The molecule has 0 rings (SSSR count). The Balaban J connectivity index is 2.92. The number of aliphatic hydroxyl groups excluding tert-OH is 2. The monoisotopic (exact) mass is 206 g/mol. The second kappa shape index (κ2) is 10.9. The predicted octanol–water partition coefficient (Wildman–Crippen LogP) is 0.911. The van der Waals surface area contributed by atoms with Crippen LogP contribution in [0.15, 0.2) is 0 Å². The van der Waals surface area contributed by atoms with E-state index in [0.29, 0.717) is 32.7 Å². The van der Waals surface area contributed by atoms with E-state index in [9.17, 15) is 0 Å². The van der Waals surface area contributed by atoms with Gasteiger partial charge in [-0.05, 0) is 25.7 Å². The van der Waals surface area contributed by atoms with Gasteiger partial charge in [0.1, 0.15) is 0 Å². The zero-order chi connectivity index (χ0) is 10.6. The van der Waals surface area contributed by atoms with Crippen molar-refractivity contribution in [3.63, 3.8) is 0 Å². The van der Waals surface area contributed by atoms with E-state index in [4.69, 9.17) is 19.7 Å². The van der Waals surface area contributed by atoms with E-state index >= 15 is 0 Å². The highest BCUT2D eigenvalue weighted by atomic mass is 16.6. The SMILES string of the molecule is CCC(O)OCCCCOCCCO. The van der Waals surface area contributed by atoms with Crippen LogP contribution in [0.3, 0.4) is 0 Å². The van der Waals surface area contributed by atoms with Gasteiger partial charge in [-0.2, -0.15) is 0 Å². The summed E-state index contributed by atoms with van der Waals surface area (Å²) in [5, 5.41) is 17.5. The Morgan fingerprint density at radius 2 is 1.71 bits per heavy atom. The van der Waals surface area contributed by atoms with Crippen molar-refractivity contribution in [2.24, 2.45) is 0 Å². The van der Waals surface area contributed by atoms with Gasteiger partial charge in [-0.1, -0.05) is 6.92 Å². The first-order valence-corrected chi connectivity index (χ1v) is 5.29. The summed E-state index contributed by atoms with van der Waals surface area (Å²) in [7, 11) is 0. The summed E-state index contributed by atoms with van der Waals surface area (Å²) in [5.74, 6) is 0. The molecule has 0 bridgehead atoms. The van der Waals surface area contributed by atoms with Crippen molar-refractivity contribution in [2.45, 2.75) is 38.9 Å². The maximum absolute atomic E-state index is 9.05. The van der Waals surface area contributed by atoms with Crippen molar-refractivity contribution in [2.75, 3.05) is 26.4 Å². The second-order valence-corrected chi connectivity index (χ2v) is 3.13. The molecule has 0 saturated carbocycles. The maximum Gasteiger partial charge on any atom is 0.154 e. The molecule has 0 aliphatic carbocycles. The largest absolute Gasteiger partial charge is 0.396 e. The van der Waals surface area contributed by atoms with E-state index in [1.54, 1.807) is 0 Å². The van der Waals surface area contributed by atoms with Gasteiger partial charge in [0.15, 0.2) is 6.29 Å². The summed E-state index contributed by atoms with van der Waals surface area (Å²) in [6, 6.07) is 0. The molecule has 0 heterocycles. The molecule has 0 aliphatic rings. The van der Waals surface area contributed by atoms with Crippen molar-refractivity contribution in [3.05, 3.63) is 0 Å². The van der Waals surface area contributed by atoms with Crippen molar-refractivity contribution in [1.82, 2.24) is 0 Å². The minimum Gasteiger partial charge on any atom is -0.396 e. The molecule has 0 aromatic carbocycles. The molecular weight excluding hydrogens is 184 g/mol. The fourth-order valence-electron chi connectivity index (χ4n) is 0.912. The fourth-order valence-corrected chi connectivity index (χ4v) is 0.912. The molecule has 86 valence electrons. The van der Waals surface area contributed by atoms with Gasteiger partial charge >= 0.3 is 0 Å². The smallest absolute Gasteiger partial charge is 0.154 e. The topological polar surface area (TPSA) is 58.9 Å². The van der Waals surface area contributed by atoms with Gasteiger partial charge in [-0.15, -0.1) is 0 Å². The third-order valence-electron chi connectivity index (χ3n) is 1.79. The van der Waals surface area contributed by atoms with E-state index in [2.05, 4.69) is 0 Å². The number of hydrogen-bond acceptors (Lipinski definition) is 4. The lowest BCUT2D eigenvalue weighted by atomic mass is 10.3. The number of hydrogen-bond donors (Lipinski definition) is 2. The van der Waals surface area contributed by atoms with Crippen molar-refractivity contribution >= 4 is 0 Å². The predicted molar refractivity (Wildman–Crippen MR) is 54.0 cm³/mol. The second-order valence-electron chi connectivity index (χ2n) is 3.13. The standard InChI is InChI=1S/C10H22O4/c1-2-10(12)14-9-4-3-7-13-8-5-6-11/h10-12H,2-9H2,1H3. The van der Waals surface area contributed by atoms with Crippen molar-refractivity contribution in [3.8, 4) is 0 Å². The van der Waals surface area contributed by atoms with E-state index in [1.807, 2.05) is 6.92 Å². The highest BCUT2D eigenvalue weighted by Crippen LogP contribution is 1.97. The molecule has 1 unspecified atom stereocenters. The summed E-state index contributed by atoms with van der Waals surface area (Å²) in [6.07, 6.45) is 2.54. The highest BCUT2D eigenvalue weighted by Gasteiger charge is 1.98. The lowest BCUT2D eigenvalue weighted by Gasteiger charge is -2.09. The molecule has 0 amide bonds. The van der Waals surface area contributed by atoms with Crippen LogP contribution in [0, 0.1) is 0 Å². The summed E-state index contributed by atoms with van der Waals surface area (Å²) < 4.78 is 10.3. The number of unbranched alkanes of at least 4 members (excludes halogenated alkanes) is 1. The molecule has 14 heavy (non-hydrogen) atoms. The molecule has 0 aliphatic heterocycles. The van der Waals surface area contributed by atoms with Crippen LogP contribution in [0.1, 0.15) is 32.6 Å². The first kappa shape index (κ1) is 13.8. The Morgan fingerprint density at radius 1 is 1.07 bits per heavy atom. The molecule has 0 aromatic heterocycles. The Hall–Kier alpha value is -0.160. The molecule has 0 radical (unpaired) electrons. The molecule has 0 saturated heterocycles. The number of rotatable bonds is 10. The van der Waals surface area contributed by atoms with Gasteiger partial charge < -0.3 is 19.7 Å². The lowest BCUT2D eigenvalue weighted by molar-refractivity contribution is -0.101. The molecule has 0 aromatic rings. The van der Waals surface area contributed by atoms with Crippen LogP contribution in [0.4, 0.5) is 0 Å². The van der Waals surface area contributed by atoms with E-state index < -0.39 is 6.29 Å². The summed E-state index contributed by atoms with van der Waals surface area (Å²) >= 11 is 0. The Labute approximate surface area is 85.8 Å². The van der Waals surface area contributed by atoms with Crippen molar-refractivity contribution < 1.29 is 19.7 Å². The van der Waals surface area contributed by atoms with E-state index in [1.165, 1.54) is 0 Å². The summed E-state index contributed by atoms with van der Waals surface area (Å²) in [6.45, 7) is 3.97. The van der Waals surface area contributed by atoms with Crippen LogP contribution in [-0.4, -0.2) is 42.9 Å². The van der Waals surface area contributed by atoms with E-state index in [-0.39, 0.29) is 6.61 Å². The highest BCUT2D eigenvalue weighted by molar-refractivity contribution is 4.41. The van der Waals surface area contributed by atoms with Gasteiger partial charge in [0.05, 0.1) is 0 Å².